The van der Waals surface area contributed by atoms with E-state index in [1.54, 1.807) is 0 Å². The van der Waals surface area contributed by atoms with E-state index in [9.17, 15) is 13.6 Å². The minimum Gasteiger partial charge on any atom is -0.496 e. The van der Waals surface area contributed by atoms with Crippen molar-refractivity contribution < 1.29 is 23.0 Å². The lowest BCUT2D eigenvalue weighted by atomic mass is 9.61. The van der Waals surface area contributed by atoms with Crippen LogP contribution in [0.1, 0.15) is 42.5 Å². The molecule has 3 aliphatic rings. The highest BCUT2D eigenvalue weighted by Crippen LogP contribution is 2.51. The van der Waals surface area contributed by atoms with Gasteiger partial charge in [0.05, 0.1) is 13.2 Å². The van der Waals surface area contributed by atoms with Crippen LogP contribution in [0.3, 0.4) is 0 Å². The number of ether oxygens (including phenoxy) is 2. The summed E-state index contributed by atoms with van der Waals surface area (Å²) in [6.45, 7) is 0.711. The van der Waals surface area contributed by atoms with Crippen LogP contribution in [-0.4, -0.2) is 31.8 Å². The van der Waals surface area contributed by atoms with Gasteiger partial charge in [-0.05, 0) is 24.5 Å². The third-order valence-electron chi connectivity index (χ3n) is 6.18. The van der Waals surface area contributed by atoms with E-state index in [0.717, 1.165) is 25.3 Å². The molecule has 2 aliphatic carbocycles. The largest absolute Gasteiger partial charge is 0.496 e. The number of carbonyl (C=O) groups is 1. The zero-order valence-corrected chi connectivity index (χ0v) is 14.3. The fraction of sp³-hybridized carbons (Fsp3) is 0.632. The number of hydrogen-bond acceptors (Lipinski definition) is 3. The number of hydrogen-bond donors (Lipinski definition) is 1. The third-order valence-corrected chi connectivity index (χ3v) is 6.18. The van der Waals surface area contributed by atoms with E-state index in [0.29, 0.717) is 12.5 Å². The lowest BCUT2D eigenvalue weighted by Crippen LogP contribution is -2.63. The van der Waals surface area contributed by atoms with Gasteiger partial charge >= 0.3 is 0 Å². The SMILES string of the molecule is COc1ccc(F)c(F)c1C(=O)N[C@@H]1[C@@H]2CCO[C@@H]2[C@@H]1C1CCCC1. The smallest absolute Gasteiger partial charge is 0.258 e. The van der Waals surface area contributed by atoms with Crippen molar-refractivity contribution in [2.75, 3.05) is 13.7 Å². The Morgan fingerprint density at radius 1 is 1.24 bits per heavy atom. The van der Waals surface area contributed by atoms with Gasteiger partial charge < -0.3 is 14.8 Å². The van der Waals surface area contributed by atoms with Gasteiger partial charge in [-0.15, -0.1) is 0 Å². The lowest BCUT2D eigenvalue weighted by Gasteiger charge is -2.50. The first-order chi connectivity index (χ1) is 12.1. The van der Waals surface area contributed by atoms with Crippen molar-refractivity contribution in [2.24, 2.45) is 17.8 Å². The molecule has 6 heteroatoms. The minimum absolute atomic E-state index is 0.0320. The molecule has 1 aromatic rings. The fourth-order valence-corrected chi connectivity index (χ4v) is 5.00. The molecule has 4 atom stereocenters. The molecule has 4 nitrogen and oxygen atoms in total. The molecule has 2 saturated carbocycles. The van der Waals surface area contributed by atoms with Crippen molar-refractivity contribution in [1.82, 2.24) is 5.32 Å². The van der Waals surface area contributed by atoms with Crippen molar-refractivity contribution in [1.29, 1.82) is 0 Å². The van der Waals surface area contributed by atoms with Gasteiger partial charge in [0.25, 0.3) is 5.91 Å². The summed E-state index contributed by atoms with van der Waals surface area (Å²) < 4.78 is 38.7. The second-order valence-electron chi connectivity index (χ2n) is 7.35. The number of carbonyl (C=O) groups excluding carboxylic acids is 1. The number of rotatable bonds is 4. The number of benzene rings is 1. The normalized spacial score (nSPS) is 31.5. The van der Waals surface area contributed by atoms with Gasteiger partial charge in [0.1, 0.15) is 11.3 Å². The fourth-order valence-electron chi connectivity index (χ4n) is 5.00. The molecule has 136 valence electrons. The average Bonchev–Trinajstić information content (AvgIpc) is 3.26. The highest BCUT2D eigenvalue weighted by molar-refractivity contribution is 5.97. The molecule has 0 spiro atoms. The molecule has 25 heavy (non-hydrogen) atoms. The summed E-state index contributed by atoms with van der Waals surface area (Å²) in [5, 5.41) is 2.97. The Morgan fingerprint density at radius 3 is 2.72 bits per heavy atom. The summed E-state index contributed by atoms with van der Waals surface area (Å²) in [6, 6.07) is 2.22. The zero-order chi connectivity index (χ0) is 17.6. The summed E-state index contributed by atoms with van der Waals surface area (Å²) in [6.07, 6.45) is 5.84. The molecule has 0 radical (unpaired) electrons. The standard InChI is InChI=1S/C19H23F2NO3/c1-24-13-7-6-12(20)16(21)15(13)19(23)22-17-11-8-9-25-18(11)14(17)10-4-2-3-5-10/h6-7,10-11,14,17-18H,2-5,8-9H2,1H3,(H,22,23)/t11-,14+,17+,18-/m0/s1. The van der Waals surface area contributed by atoms with Crippen LogP contribution in [0.4, 0.5) is 8.78 Å². The zero-order valence-electron chi connectivity index (χ0n) is 14.3. The minimum atomic E-state index is -1.16. The van der Waals surface area contributed by atoms with Crippen LogP contribution in [0.15, 0.2) is 12.1 Å². The summed E-state index contributed by atoms with van der Waals surface area (Å²) in [7, 11) is 1.34. The van der Waals surface area contributed by atoms with Gasteiger partial charge in [-0.25, -0.2) is 8.78 Å². The van der Waals surface area contributed by atoms with Crippen molar-refractivity contribution >= 4 is 5.91 Å². The predicted octanol–water partition coefficient (Wildman–Crippen LogP) is 3.30. The molecular formula is C19H23F2NO3. The van der Waals surface area contributed by atoms with Gasteiger partial charge in [-0.3, -0.25) is 4.79 Å². The quantitative estimate of drug-likeness (QED) is 0.905. The van der Waals surface area contributed by atoms with E-state index in [1.807, 2.05) is 0 Å². The summed E-state index contributed by atoms with van der Waals surface area (Å²) in [5.41, 5.74) is -0.352. The van der Waals surface area contributed by atoms with Gasteiger partial charge in [-0.1, -0.05) is 25.7 Å². The van der Waals surface area contributed by atoms with E-state index in [2.05, 4.69) is 5.32 Å². The van der Waals surface area contributed by atoms with Gasteiger partial charge in [-0.2, -0.15) is 0 Å². The van der Waals surface area contributed by atoms with E-state index in [4.69, 9.17) is 9.47 Å². The highest BCUT2D eigenvalue weighted by atomic mass is 19.2. The van der Waals surface area contributed by atoms with E-state index < -0.39 is 17.5 Å². The molecule has 1 aliphatic heterocycles. The third kappa shape index (κ3) is 2.71. The molecule has 3 fully saturated rings. The Kier molecular flexibility index (Phi) is 4.40. The molecule has 1 N–H and O–H groups in total. The summed E-state index contributed by atoms with van der Waals surface area (Å²) in [5.74, 6) is -1.66. The summed E-state index contributed by atoms with van der Waals surface area (Å²) in [4.78, 5) is 12.7. The predicted molar refractivity (Wildman–Crippen MR) is 87.5 cm³/mol. The lowest BCUT2D eigenvalue weighted by molar-refractivity contribution is -0.0784. The van der Waals surface area contributed by atoms with Crippen molar-refractivity contribution in [3.05, 3.63) is 29.3 Å². The monoisotopic (exact) mass is 351 g/mol. The number of amides is 1. The van der Waals surface area contributed by atoms with Crippen LogP contribution in [0.2, 0.25) is 0 Å². The van der Waals surface area contributed by atoms with E-state index in [1.165, 1.54) is 26.0 Å². The highest BCUT2D eigenvalue weighted by Gasteiger charge is 2.57. The van der Waals surface area contributed by atoms with Crippen LogP contribution in [0.25, 0.3) is 0 Å². The Hall–Kier alpha value is -1.69. The second-order valence-corrected chi connectivity index (χ2v) is 7.35. The molecule has 1 heterocycles. The number of nitrogens with one attached hydrogen (secondary N) is 1. The average molecular weight is 351 g/mol. The topological polar surface area (TPSA) is 47.6 Å². The maximum absolute atomic E-state index is 14.2. The Morgan fingerprint density at radius 2 is 2.00 bits per heavy atom. The van der Waals surface area contributed by atoms with Crippen LogP contribution in [0.5, 0.6) is 5.75 Å². The molecule has 1 aromatic carbocycles. The molecule has 0 bridgehead atoms. The van der Waals surface area contributed by atoms with Crippen LogP contribution in [-0.2, 0) is 4.74 Å². The maximum Gasteiger partial charge on any atom is 0.258 e. The Balaban J connectivity index is 1.57. The molecule has 0 unspecified atom stereocenters. The molecule has 0 aromatic heterocycles. The van der Waals surface area contributed by atoms with Crippen LogP contribution < -0.4 is 10.1 Å². The summed E-state index contributed by atoms with van der Waals surface area (Å²) >= 11 is 0. The van der Waals surface area contributed by atoms with Gasteiger partial charge in [0, 0.05) is 24.5 Å². The number of fused-ring (bicyclic) bond motifs is 1. The van der Waals surface area contributed by atoms with Crippen molar-refractivity contribution in [3.63, 3.8) is 0 Å². The number of halogens is 2. The Labute approximate surface area is 145 Å². The second kappa shape index (κ2) is 6.56. The Bertz CT molecular complexity index is 670. The van der Waals surface area contributed by atoms with Gasteiger partial charge in [0.15, 0.2) is 11.6 Å². The molecular weight excluding hydrogens is 328 g/mol. The number of methoxy groups -OCH3 is 1. The van der Waals surface area contributed by atoms with E-state index in [-0.39, 0.29) is 35.3 Å². The first-order valence-corrected chi connectivity index (χ1v) is 9.06. The van der Waals surface area contributed by atoms with Gasteiger partial charge in [0.2, 0.25) is 0 Å². The van der Waals surface area contributed by atoms with Crippen molar-refractivity contribution in [3.8, 4) is 5.75 Å². The van der Waals surface area contributed by atoms with Crippen molar-refractivity contribution in [2.45, 2.75) is 44.2 Å². The van der Waals surface area contributed by atoms with Crippen LogP contribution in [0, 0.1) is 29.4 Å². The first-order valence-electron chi connectivity index (χ1n) is 9.06. The molecule has 1 amide bonds. The van der Waals surface area contributed by atoms with E-state index >= 15 is 0 Å². The van der Waals surface area contributed by atoms with Crippen LogP contribution >= 0.6 is 0 Å². The maximum atomic E-state index is 14.2. The first kappa shape index (κ1) is 16.8. The molecule has 4 rings (SSSR count). The molecule has 1 saturated heterocycles.